The number of nitriles is 1. The van der Waals surface area contributed by atoms with Gasteiger partial charge in [-0.05, 0) is 62.9 Å². The number of hydrogen-bond donors (Lipinski definition) is 1. The Morgan fingerprint density at radius 3 is 2.15 bits per heavy atom. The van der Waals surface area contributed by atoms with E-state index in [1.54, 1.807) is 17.0 Å². The van der Waals surface area contributed by atoms with Crippen molar-refractivity contribution in [2.24, 2.45) is 0 Å². The van der Waals surface area contributed by atoms with E-state index < -0.39 is 23.2 Å². The SMILES string of the molecule is CC(O)(c1ccccc1C(=O)N(C1CC1)C1CCN(c2ccc(C#N)cc2)CC1)C(F)(F)F. The van der Waals surface area contributed by atoms with Crippen LogP contribution in [0.5, 0.6) is 0 Å². The van der Waals surface area contributed by atoms with Gasteiger partial charge in [0.2, 0.25) is 0 Å². The molecule has 1 heterocycles. The molecule has 1 aliphatic carbocycles. The number of carbonyl (C=O) groups is 1. The fourth-order valence-corrected chi connectivity index (χ4v) is 4.52. The zero-order valence-electron chi connectivity index (χ0n) is 18.3. The largest absolute Gasteiger partial charge is 0.421 e. The molecule has 1 saturated heterocycles. The summed E-state index contributed by atoms with van der Waals surface area (Å²) in [6.45, 7) is 2.10. The van der Waals surface area contributed by atoms with E-state index in [4.69, 9.17) is 5.26 Å². The smallest absolute Gasteiger partial charge is 0.376 e. The third kappa shape index (κ3) is 4.55. The second-order valence-corrected chi connectivity index (χ2v) is 8.94. The molecule has 33 heavy (non-hydrogen) atoms. The number of rotatable bonds is 5. The molecule has 0 aromatic heterocycles. The lowest BCUT2D eigenvalue weighted by molar-refractivity contribution is -0.259. The van der Waals surface area contributed by atoms with E-state index in [1.165, 1.54) is 24.3 Å². The first-order chi connectivity index (χ1) is 15.6. The van der Waals surface area contributed by atoms with E-state index in [2.05, 4.69) is 11.0 Å². The molecular weight excluding hydrogens is 431 g/mol. The molecule has 1 N–H and O–H groups in total. The number of amides is 1. The highest BCUT2D eigenvalue weighted by Gasteiger charge is 2.53. The zero-order valence-corrected chi connectivity index (χ0v) is 18.3. The summed E-state index contributed by atoms with van der Waals surface area (Å²) in [6, 6.07) is 14.9. The first-order valence-corrected chi connectivity index (χ1v) is 11.1. The molecule has 2 aromatic carbocycles. The minimum absolute atomic E-state index is 0.0212. The molecule has 0 radical (unpaired) electrons. The first kappa shape index (κ1) is 23.1. The fourth-order valence-electron chi connectivity index (χ4n) is 4.52. The molecule has 1 atom stereocenters. The maximum atomic E-state index is 13.5. The topological polar surface area (TPSA) is 67.6 Å². The van der Waals surface area contributed by atoms with Gasteiger partial charge in [-0.2, -0.15) is 18.4 Å². The summed E-state index contributed by atoms with van der Waals surface area (Å²) >= 11 is 0. The summed E-state index contributed by atoms with van der Waals surface area (Å²) in [4.78, 5) is 17.5. The molecule has 8 heteroatoms. The Kier molecular flexibility index (Phi) is 6.10. The third-order valence-electron chi connectivity index (χ3n) is 6.63. The number of benzene rings is 2. The van der Waals surface area contributed by atoms with Crippen LogP contribution < -0.4 is 4.90 Å². The van der Waals surface area contributed by atoms with Gasteiger partial charge in [0.15, 0.2) is 5.60 Å². The monoisotopic (exact) mass is 457 g/mol. The van der Waals surface area contributed by atoms with Gasteiger partial charge in [0, 0.05) is 42.0 Å². The van der Waals surface area contributed by atoms with Crippen LogP contribution >= 0.6 is 0 Å². The van der Waals surface area contributed by atoms with Gasteiger partial charge >= 0.3 is 6.18 Å². The van der Waals surface area contributed by atoms with Crippen molar-refractivity contribution in [2.45, 2.75) is 56.5 Å². The van der Waals surface area contributed by atoms with Crippen molar-refractivity contribution in [1.82, 2.24) is 4.90 Å². The second kappa shape index (κ2) is 8.71. The van der Waals surface area contributed by atoms with Crippen LogP contribution in [0, 0.1) is 11.3 Å². The molecule has 1 aliphatic heterocycles. The number of anilines is 1. The normalized spacial score (nSPS) is 19.0. The quantitative estimate of drug-likeness (QED) is 0.713. The fraction of sp³-hybridized carbons (Fsp3) is 0.440. The van der Waals surface area contributed by atoms with Crippen molar-refractivity contribution in [1.29, 1.82) is 5.26 Å². The van der Waals surface area contributed by atoms with E-state index in [-0.39, 0.29) is 17.6 Å². The molecule has 0 bridgehead atoms. The zero-order chi connectivity index (χ0) is 23.8. The van der Waals surface area contributed by atoms with Crippen molar-refractivity contribution in [3.63, 3.8) is 0 Å². The van der Waals surface area contributed by atoms with Crippen LogP contribution in [0.25, 0.3) is 0 Å². The lowest BCUT2D eigenvalue weighted by atomic mass is 9.89. The summed E-state index contributed by atoms with van der Waals surface area (Å²) in [7, 11) is 0. The summed E-state index contributed by atoms with van der Waals surface area (Å²) in [5.74, 6) is -0.450. The summed E-state index contributed by atoms with van der Waals surface area (Å²) in [6.07, 6.45) is -1.85. The molecule has 5 nitrogen and oxygen atoms in total. The maximum Gasteiger partial charge on any atom is 0.421 e. The number of hydrogen-bond acceptors (Lipinski definition) is 4. The van der Waals surface area contributed by atoms with Gasteiger partial charge in [-0.1, -0.05) is 18.2 Å². The molecule has 1 unspecified atom stereocenters. The Morgan fingerprint density at radius 1 is 1.03 bits per heavy atom. The molecule has 2 aliphatic rings. The summed E-state index contributed by atoms with van der Waals surface area (Å²) < 4.78 is 40.6. The van der Waals surface area contributed by atoms with Gasteiger partial charge in [-0.15, -0.1) is 0 Å². The minimum atomic E-state index is -4.90. The Bertz CT molecular complexity index is 1050. The van der Waals surface area contributed by atoms with Crippen molar-refractivity contribution < 1.29 is 23.1 Å². The van der Waals surface area contributed by atoms with Gasteiger partial charge in [-0.25, -0.2) is 0 Å². The number of halogens is 3. The van der Waals surface area contributed by atoms with Crippen LogP contribution in [-0.2, 0) is 5.60 Å². The van der Waals surface area contributed by atoms with Crippen LogP contribution in [-0.4, -0.2) is 47.3 Å². The van der Waals surface area contributed by atoms with Crippen LogP contribution in [0.4, 0.5) is 18.9 Å². The molecule has 174 valence electrons. The Hall–Kier alpha value is -3.05. The van der Waals surface area contributed by atoms with Crippen molar-refractivity contribution in [3.8, 4) is 6.07 Å². The Balaban J connectivity index is 1.54. The number of piperidine rings is 1. The van der Waals surface area contributed by atoms with Crippen molar-refractivity contribution in [2.75, 3.05) is 18.0 Å². The van der Waals surface area contributed by atoms with Crippen LogP contribution in [0.15, 0.2) is 48.5 Å². The van der Waals surface area contributed by atoms with Crippen molar-refractivity contribution in [3.05, 3.63) is 65.2 Å². The van der Waals surface area contributed by atoms with Crippen molar-refractivity contribution >= 4 is 11.6 Å². The van der Waals surface area contributed by atoms with Crippen LogP contribution in [0.3, 0.4) is 0 Å². The lowest BCUT2D eigenvalue weighted by Crippen LogP contribution is -2.49. The van der Waals surface area contributed by atoms with E-state index >= 15 is 0 Å². The summed E-state index contributed by atoms with van der Waals surface area (Å²) in [5.41, 5.74) is -2.03. The standard InChI is InChI=1S/C25H26F3N3O2/c1-24(33,25(26,27)28)22-5-3-2-4-21(22)23(32)31(19-10-11-19)20-12-14-30(15-13-20)18-8-6-17(16-29)7-9-18/h2-9,19-20,33H,10-15H2,1H3. The highest BCUT2D eigenvalue weighted by Crippen LogP contribution is 2.41. The van der Waals surface area contributed by atoms with E-state index in [9.17, 15) is 23.1 Å². The highest BCUT2D eigenvalue weighted by molar-refractivity contribution is 5.96. The first-order valence-electron chi connectivity index (χ1n) is 11.1. The minimum Gasteiger partial charge on any atom is -0.376 e. The molecule has 4 rings (SSSR count). The molecule has 1 saturated carbocycles. The van der Waals surface area contributed by atoms with Crippen LogP contribution in [0.1, 0.15) is 54.1 Å². The maximum absolute atomic E-state index is 13.5. The number of aliphatic hydroxyl groups is 1. The average molecular weight is 457 g/mol. The number of alkyl halides is 3. The highest BCUT2D eigenvalue weighted by atomic mass is 19.4. The van der Waals surface area contributed by atoms with E-state index in [1.807, 2.05) is 12.1 Å². The second-order valence-electron chi connectivity index (χ2n) is 8.94. The van der Waals surface area contributed by atoms with E-state index in [0.717, 1.165) is 18.5 Å². The molecule has 2 fully saturated rings. The van der Waals surface area contributed by atoms with Gasteiger partial charge < -0.3 is 14.9 Å². The Labute approximate surface area is 191 Å². The molecule has 1 amide bonds. The molecule has 0 spiro atoms. The average Bonchev–Trinajstić information content (AvgIpc) is 3.64. The van der Waals surface area contributed by atoms with E-state index in [0.29, 0.717) is 38.4 Å². The summed E-state index contributed by atoms with van der Waals surface area (Å²) in [5, 5.41) is 19.2. The number of carbonyl (C=O) groups excluding carboxylic acids is 1. The Morgan fingerprint density at radius 2 is 1.61 bits per heavy atom. The molecule has 2 aromatic rings. The third-order valence-corrected chi connectivity index (χ3v) is 6.63. The van der Waals surface area contributed by atoms with Gasteiger partial charge in [0.25, 0.3) is 5.91 Å². The predicted octanol–water partition coefficient (Wildman–Crippen LogP) is 4.60. The lowest BCUT2D eigenvalue weighted by Gasteiger charge is -2.40. The molecular formula is C25H26F3N3O2. The van der Waals surface area contributed by atoms with Crippen LogP contribution in [0.2, 0.25) is 0 Å². The predicted molar refractivity (Wildman–Crippen MR) is 118 cm³/mol. The number of nitrogens with zero attached hydrogens (tertiary/aromatic N) is 3. The van der Waals surface area contributed by atoms with Gasteiger partial charge in [0.1, 0.15) is 0 Å². The van der Waals surface area contributed by atoms with Gasteiger partial charge in [-0.3, -0.25) is 4.79 Å². The van der Waals surface area contributed by atoms with Gasteiger partial charge in [0.05, 0.1) is 11.6 Å².